The molecule has 0 saturated heterocycles. The highest BCUT2D eigenvalue weighted by atomic mass is 35.5. The number of benzene rings is 2. The van der Waals surface area contributed by atoms with Gasteiger partial charge in [-0.25, -0.2) is 9.07 Å². The van der Waals surface area contributed by atoms with Crippen LogP contribution in [0.5, 0.6) is 0 Å². The second-order valence-corrected chi connectivity index (χ2v) is 5.53. The number of rotatable bonds is 6. The number of hydrogen-bond donors (Lipinski definition) is 0. The normalized spacial score (nSPS) is 11.1. The lowest BCUT2D eigenvalue weighted by Crippen LogP contribution is -2.01. The van der Waals surface area contributed by atoms with Crippen LogP contribution < -0.4 is 0 Å². The van der Waals surface area contributed by atoms with E-state index in [1.807, 2.05) is 30.3 Å². The van der Waals surface area contributed by atoms with Crippen LogP contribution in [0, 0.1) is 5.82 Å². The fourth-order valence-electron chi connectivity index (χ4n) is 2.12. The first-order chi connectivity index (χ1) is 11.7. The minimum absolute atomic E-state index is 0.256. The van der Waals surface area contributed by atoms with Gasteiger partial charge in [0.15, 0.2) is 0 Å². The van der Waals surface area contributed by atoms with Crippen LogP contribution in [0.3, 0.4) is 0 Å². The van der Waals surface area contributed by atoms with Gasteiger partial charge in [0.1, 0.15) is 17.6 Å². The number of oxime groups is 1. The van der Waals surface area contributed by atoms with Gasteiger partial charge in [-0.1, -0.05) is 59.2 Å². The summed E-state index contributed by atoms with van der Waals surface area (Å²) in [5.41, 5.74) is 2.62. The third-order valence-corrected chi connectivity index (χ3v) is 3.80. The fraction of sp³-hybridized carbons (Fsp3) is 0.111. The summed E-state index contributed by atoms with van der Waals surface area (Å²) in [4.78, 5) is 5.20. The molecule has 122 valence electrons. The van der Waals surface area contributed by atoms with Gasteiger partial charge < -0.3 is 4.84 Å². The Hall–Kier alpha value is -2.66. The molecule has 6 heteroatoms. The van der Waals surface area contributed by atoms with Crippen molar-refractivity contribution >= 4 is 17.8 Å². The van der Waals surface area contributed by atoms with Crippen molar-refractivity contribution in [3.63, 3.8) is 0 Å². The largest absolute Gasteiger partial charge is 0.391 e. The molecule has 0 amide bonds. The van der Waals surface area contributed by atoms with E-state index in [0.717, 1.165) is 11.1 Å². The van der Waals surface area contributed by atoms with Crippen molar-refractivity contribution < 1.29 is 9.23 Å². The van der Waals surface area contributed by atoms with E-state index in [-0.39, 0.29) is 12.4 Å². The van der Waals surface area contributed by atoms with E-state index in [9.17, 15) is 4.39 Å². The molecule has 3 rings (SSSR count). The van der Waals surface area contributed by atoms with Crippen molar-refractivity contribution in [1.82, 2.24) is 9.78 Å². The third kappa shape index (κ3) is 4.20. The molecule has 4 nitrogen and oxygen atoms in total. The summed E-state index contributed by atoms with van der Waals surface area (Å²) in [6.45, 7) is 0.844. The first-order valence-electron chi connectivity index (χ1n) is 7.37. The second-order valence-electron chi connectivity index (χ2n) is 5.17. The molecule has 0 fully saturated rings. The maximum absolute atomic E-state index is 12.8. The summed E-state index contributed by atoms with van der Waals surface area (Å²) in [6.07, 6.45) is 3.15. The molecule has 24 heavy (non-hydrogen) atoms. The molecule has 2 aromatic carbocycles. The monoisotopic (exact) mass is 343 g/mol. The second kappa shape index (κ2) is 7.75. The molecule has 0 saturated carbocycles. The van der Waals surface area contributed by atoms with Crippen molar-refractivity contribution in [2.24, 2.45) is 5.16 Å². The van der Waals surface area contributed by atoms with Crippen molar-refractivity contribution in [2.45, 2.75) is 13.2 Å². The van der Waals surface area contributed by atoms with Gasteiger partial charge in [-0.3, -0.25) is 0 Å². The van der Waals surface area contributed by atoms with Crippen LogP contribution in [0.25, 0.3) is 0 Å². The highest BCUT2D eigenvalue weighted by Crippen LogP contribution is 2.15. The van der Waals surface area contributed by atoms with E-state index in [2.05, 4.69) is 10.3 Å². The molecule has 0 bridgehead atoms. The standard InChI is InChI=1S/C18H15ClFN3O/c19-18-16(10-21-23(18)12-14-4-2-1-3-5-14)11-22-24-13-15-6-8-17(20)9-7-15/h1-11H,12-13H2/b22-11+. The number of halogens is 2. The summed E-state index contributed by atoms with van der Waals surface area (Å²) in [7, 11) is 0. The maximum atomic E-state index is 12.8. The summed E-state index contributed by atoms with van der Waals surface area (Å²) in [5.74, 6) is -0.278. The molecule has 0 unspecified atom stereocenters. The predicted molar refractivity (Wildman–Crippen MR) is 91.6 cm³/mol. The minimum Gasteiger partial charge on any atom is -0.391 e. The number of nitrogens with zero attached hydrogens (tertiary/aromatic N) is 3. The van der Waals surface area contributed by atoms with E-state index >= 15 is 0 Å². The van der Waals surface area contributed by atoms with Crippen molar-refractivity contribution in [3.8, 4) is 0 Å². The Balaban J connectivity index is 1.58. The summed E-state index contributed by atoms with van der Waals surface area (Å²) < 4.78 is 14.5. The van der Waals surface area contributed by atoms with E-state index in [4.69, 9.17) is 16.4 Å². The molecule has 0 N–H and O–H groups in total. The molecular formula is C18H15ClFN3O. The van der Waals surface area contributed by atoms with E-state index in [0.29, 0.717) is 17.3 Å². The lowest BCUT2D eigenvalue weighted by Gasteiger charge is -2.03. The average Bonchev–Trinajstić information content (AvgIpc) is 2.94. The van der Waals surface area contributed by atoms with Crippen molar-refractivity contribution in [1.29, 1.82) is 0 Å². The molecule has 0 atom stereocenters. The Morgan fingerprint density at radius 3 is 2.58 bits per heavy atom. The van der Waals surface area contributed by atoms with Crippen LogP contribution in [0.1, 0.15) is 16.7 Å². The summed E-state index contributed by atoms with van der Waals surface area (Å²) in [6, 6.07) is 16.0. The van der Waals surface area contributed by atoms with Crippen LogP contribution >= 0.6 is 11.6 Å². The lowest BCUT2D eigenvalue weighted by atomic mass is 10.2. The van der Waals surface area contributed by atoms with Crippen LogP contribution in [0.4, 0.5) is 4.39 Å². The topological polar surface area (TPSA) is 39.4 Å². The Morgan fingerprint density at radius 1 is 1.08 bits per heavy atom. The molecule has 0 aliphatic rings. The first kappa shape index (κ1) is 16.2. The number of aromatic nitrogens is 2. The van der Waals surface area contributed by atoms with Gasteiger partial charge in [0.2, 0.25) is 0 Å². The van der Waals surface area contributed by atoms with Crippen molar-refractivity contribution in [2.75, 3.05) is 0 Å². The van der Waals surface area contributed by atoms with Gasteiger partial charge >= 0.3 is 0 Å². The SMILES string of the molecule is Fc1ccc(CO/N=C/c2cnn(Cc3ccccc3)c2Cl)cc1. The fourth-order valence-corrected chi connectivity index (χ4v) is 2.33. The third-order valence-electron chi connectivity index (χ3n) is 3.39. The predicted octanol–water partition coefficient (Wildman–Crippen LogP) is 4.27. The summed E-state index contributed by atoms with van der Waals surface area (Å²) in [5, 5.41) is 8.63. The van der Waals surface area contributed by atoms with E-state index in [1.54, 1.807) is 23.0 Å². The molecule has 0 aliphatic carbocycles. The van der Waals surface area contributed by atoms with Gasteiger partial charge in [-0.15, -0.1) is 0 Å². The van der Waals surface area contributed by atoms with Crippen LogP contribution in [-0.4, -0.2) is 16.0 Å². The first-order valence-corrected chi connectivity index (χ1v) is 7.75. The quantitative estimate of drug-likeness (QED) is 0.495. The zero-order valence-corrected chi connectivity index (χ0v) is 13.5. The Morgan fingerprint density at radius 2 is 1.83 bits per heavy atom. The molecular weight excluding hydrogens is 329 g/mol. The smallest absolute Gasteiger partial charge is 0.142 e. The van der Waals surface area contributed by atoms with Crippen molar-refractivity contribution in [3.05, 3.63) is 88.5 Å². The zero-order chi connectivity index (χ0) is 16.8. The minimum atomic E-state index is -0.278. The Labute approximate surface area is 144 Å². The van der Waals surface area contributed by atoms with Crippen LogP contribution in [0.2, 0.25) is 5.15 Å². The van der Waals surface area contributed by atoms with Gasteiger partial charge in [0.05, 0.1) is 24.5 Å². The highest BCUT2D eigenvalue weighted by Gasteiger charge is 2.07. The van der Waals surface area contributed by atoms with Gasteiger partial charge in [-0.2, -0.15) is 5.10 Å². The molecule has 0 radical (unpaired) electrons. The van der Waals surface area contributed by atoms with E-state index < -0.39 is 0 Å². The van der Waals surface area contributed by atoms with Gasteiger partial charge in [0.25, 0.3) is 0 Å². The molecule has 1 heterocycles. The van der Waals surface area contributed by atoms with Crippen LogP contribution in [0.15, 0.2) is 65.9 Å². The molecule has 3 aromatic rings. The van der Waals surface area contributed by atoms with Crippen LogP contribution in [-0.2, 0) is 18.0 Å². The highest BCUT2D eigenvalue weighted by molar-refractivity contribution is 6.32. The zero-order valence-electron chi connectivity index (χ0n) is 12.8. The molecule has 0 spiro atoms. The van der Waals surface area contributed by atoms with E-state index in [1.165, 1.54) is 18.3 Å². The van der Waals surface area contributed by atoms with Gasteiger partial charge in [-0.05, 0) is 23.3 Å². The maximum Gasteiger partial charge on any atom is 0.142 e. The lowest BCUT2D eigenvalue weighted by molar-refractivity contribution is 0.132. The number of hydrogen-bond acceptors (Lipinski definition) is 3. The summed E-state index contributed by atoms with van der Waals surface area (Å²) >= 11 is 6.30. The molecule has 0 aliphatic heterocycles. The Kier molecular flexibility index (Phi) is 5.23. The van der Waals surface area contributed by atoms with Gasteiger partial charge in [0, 0.05) is 0 Å². The Bertz CT molecular complexity index is 816. The molecule has 1 aromatic heterocycles. The average molecular weight is 344 g/mol.